The lowest BCUT2D eigenvalue weighted by Gasteiger charge is -2.03. The second kappa shape index (κ2) is 3.36. The first kappa shape index (κ1) is 8.73. The van der Waals surface area contributed by atoms with Crippen LogP contribution < -0.4 is 0 Å². The van der Waals surface area contributed by atoms with E-state index in [1.807, 2.05) is 0 Å². The van der Waals surface area contributed by atoms with E-state index in [0.717, 1.165) is 0 Å². The molecule has 0 aromatic carbocycles. The fourth-order valence-corrected chi connectivity index (χ4v) is 0.903. The number of carbonyl (C=O) groups is 1. The van der Waals surface area contributed by atoms with Crippen molar-refractivity contribution in [3.63, 3.8) is 0 Å². The highest BCUT2D eigenvalue weighted by Crippen LogP contribution is 2.01. The van der Waals surface area contributed by atoms with Gasteiger partial charge in [0.2, 0.25) is 0 Å². The Kier molecular flexibility index (Phi) is 2.44. The zero-order chi connectivity index (χ0) is 9.14. The molecule has 1 heterocycles. The van der Waals surface area contributed by atoms with Crippen molar-refractivity contribution in [3.8, 4) is 0 Å². The zero-order valence-electron chi connectivity index (χ0n) is 6.35. The number of pyridine rings is 1. The Morgan fingerprint density at radius 3 is 3.00 bits per heavy atom. The predicted molar refractivity (Wildman–Crippen MR) is 43.8 cm³/mol. The van der Waals surface area contributed by atoms with Gasteiger partial charge >= 0.3 is 5.97 Å². The Balaban J connectivity index is 3.22. The summed E-state index contributed by atoms with van der Waals surface area (Å²) < 4.78 is 5.55. The molecule has 1 N–H and O–H groups in total. The molecule has 1 rings (SSSR count). The molecule has 0 spiro atoms. The van der Waals surface area contributed by atoms with E-state index in [4.69, 9.17) is 17.4 Å². The van der Waals surface area contributed by atoms with E-state index in [1.165, 1.54) is 25.4 Å². The summed E-state index contributed by atoms with van der Waals surface area (Å²) in [6, 6.07) is 2.86. The average molecular weight is 185 g/mol. The van der Waals surface area contributed by atoms with E-state index in [1.54, 1.807) is 0 Å². The van der Waals surface area contributed by atoms with E-state index in [2.05, 4.69) is 4.74 Å². The SMILES string of the molecule is COC(=O)c1cc(=S)ccn1O. The molecule has 0 aliphatic heterocycles. The average Bonchev–Trinajstić information content (AvgIpc) is 2.08. The van der Waals surface area contributed by atoms with Gasteiger partial charge in [-0.1, -0.05) is 12.2 Å². The van der Waals surface area contributed by atoms with Crippen LogP contribution in [0.5, 0.6) is 0 Å². The molecule has 0 aliphatic carbocycles. The quantitative estimate of drug-likeness (QED) is 0.406. The van der Waals surface area contributed by atoms with Crippen LogP contribution in [0.3, 0.4) is 0 Å². The molecule has 0 fully saturated rings. The van der Waals surface area contributed by atoms with Crippen LogP contribution in [0.15, 0.2) is 18.3 Å². The van der Waals surface area contributed by atoms with Gasteiger partial charge in [-0.25, -0.2) is 4.79 Å². The Bertz CT molecular complexity index is 358. The molecule has 4 nitrogen and oxygen atoms in total. The molecule has 0 saturated heterocycles. The number of nitrogens with zero attached hydrogens (tertiary/aromatic N) is 1. The van der Waals surface area contributed by atoms with Gasteiger partial charge in [-0.05, 0) is 12.1 Å². The van der Waals surface area contributed by atoms with Crippen LogP contribution in [0, 0.1) is 4.51 Å². The molecule has 64 valence electrons. The molecular weight excluding hydrogens is 178 g/mol. The molecule has 0 radical (unpaired) electrons. The molecule has 0 aliphatic rings. The van der Waals surface area contributed by atoms with Crippen molar-refractivity contribution in [1.29, 1.82) is 0 Å². The third-order valence-electron chi connectivity index (χ3n) is 1.30. The third kappa shape index (κ3) is 1.62. The van der Waals surface area contributed by atoms with Crippen LogP contribution in [0.4, 0.5) is 0 Å². The standard InChI is InChI=1S/C7H7NO3S/c1-11-7(9)6-4-5(12)2-3-8(6)10/h2-4,10H,1H3. The Labute approximate surface area is 74.0 Å². The summed E-state index contributed by atoms with van der Waals surface area (Å²) >= 11 is 4.79. The van der Waals surface area contributed by atoms with Gasteiger partial charge in [0.1, 0.15) is 0 Å². The normalized spacial score (nSPS) is 9.42. The fraction of sp³-hybridized carbons (Fsp3) is 0.143. The second-order valence-corrected chi connectivity index (χ2v) is 2.56. The Morgan fingerprint density at radius 1 is 1.75 bits per heavy atom. The summed E-state index contributed by atoms with van der Waals surface area (Å²) in [5, 5.41) is 9.11. The largest absolute Gasteiger partial charge is 0.464 e. The van der Waals surface area contributed by atoms with Crippen molar-refractivity contribution < 1.29 is 14.7 Å². The maximum Gasteiger partial charge on any atom is 0.358 e. The van der Waals surface area contributed by atoms with Crippen molar-refractivity contribution in [2.45, 2.75) is 0 Å². The van der Waals surface area contributed by atoms with Crippen molar-refractivity contribution in [3.05, 3.63) is 28.5 Å². The van der Waals surface area contributed by atoms with Gasteiger partial charge in [-0.3, -0.25) is 0 Å². The molecule has 1 aromatic rings. The Hall–Kier alpha value is -1.36. The minimum absolute atomic E-state index is 0.0185. The summed E-state index contributed by atoms with van der Waals surface area (Å²) in [6.07, 6.45) is 1.29. The number of rotatable bonds is 1. The van der Waals surface area contributed by atoms with Crippen LogP contribution >= 0.6 is 12.2 Å². The maximum atomic E-state index is 10.9. The molecule has 0 unspecified atom stereocenters. The minimum Gasteiger partial charge on any atom is -0.464 e. The monoisotopic (exact) mass is 185 g/mol. The van der Waals surface area contributed by atoms with Crippen LogP contribution in [0.2, 0.25) is 0 Å². The first-order chi connectivity index (χ1) is 5.65. The highest BCUT2D eigenvalue weighted by Gasteiger charge is 2.08. The fourth-order valence-electron chi connectivity index (χ4n) is 0.730. The van der Waals surface area contributed by atoms with Gasteiger partial charge in [0.15, 0.2) is 5.69 Å². The van der Waals surface area contributed by atoms with Crippen LogP contribution in [0.1, 0.15) is 10.5 Å². The van der Waals surface area contributed by atoms with E-state index >= 15 is 0 Å². The molecule has 0 saturated carbocycles. The summed E-state index contributed by atoms with van der Waals surface area (Å²) in [7, 11) is 1.23. The summed E-state index contributed by atoms with van der Waals surface area (Å²) in [4.78, 5) is 10.9. The molecular formula is C7H7NO3S. The van der Waals surface area contributed by atoms with Gasteiger partial charge < -0.3 is 9.94 Å². The summed E-state index contributed by atoms with van der Waals surface area (Å²) in [6.45, 7) is 0. The molecule has 0 atom stereocenters. The number of carbonyl (C=O) groups excluding carboxylic acids is 1. The van der Waals surface area contributed by atoms with Crippen LogP contribution in [-0.4, -0.2) is 23.0 Å². The zero-order valence-corrected chi connectivity index (χ0v) is 7.17. The summed E-state index contributed by atoms with van der Waals surface area (Å²) in [5.74, 6) is -0.621. The lowest BCUT2D eigenvalue weighted by Crippen LogP contribution is -2.10. The maximum absolute atomic E-state index is 10.9. The van der Waals surface area contributed by atoms with Gasteiger partial charge in [0.25, 0.3) is 0 Å². The van der Waals surface area contributed by atoms with E-state index in [0.29, 0.717) is 9.24 Å². The van der Waals surface area contributed by atoms with Gasteiger partial charge in [-0.15, -0.1) is 0 Å². The minimum atomic E-state index is -0.621. The highest BCUT2D eigenvalue weighted by atomic mass is 32.1. The second-order valence-electron chi connectivity index (χ2n) is 2.08. The first-order valence-electron chi connectivity index (χ1n) is 3.15. The Morgan fingerprint density at radius 2 is 2.42 bits per heavy atom. The van der Waals surface area contributed by atoms with Crippen LogP contribution in [-0.2, 0) is 4.74 Å². The van der Waals surface area contributed by atoms with E-state index in [-0.39, 0.29) is 5.69 Å². The number of aromatic nitrogens is 1. The highest BCUT2D eigenvalue weighted by molar-refractivity contribution is 7.71. The first-order valence-corrected chi connectivity index (χ1v) is 3.56. The van der Waals surface area contributed by atoms with Gasteiger partial charge in [0.05, 0.1) is 7.11 Å². The smallest absolute Gasteiger partial charge is 0.358 e. The molecule has 12 heavy (non-hydrogen) atoms. The summed E-state index contributed by atoms with van der Waals surface area (Å²) in [5.41, 5.74) is 0.0185. The number of hydrogen-bond donors (Lipinski definition) is 1. The molecule has 0 bridgehead atoms. The molecule has 0 amide bonds. The number of ether oxygens (including phenoxy) is 1. The van der Waals surface area contributed by atoms with E-state index in [9.17, 15) is 4.79 Å². The lowest BCUT2D eigenvalue weighted by atomic mass is 10.3. The van der Waals surface area contributed by atoms with Crippen LogP contribution in [0.25, 0.3) is 0 Å². The lowest BCUT2D eigenvalue weighted by molar-refractivity contribution is 0.0545. The number of hydrogen-bond acceptors (Lipinski definition) is 4. The topological polar surface area (TPSA) is 51.5 Å². The van der Waals surface area contributed by atoms with Crippen molar-refractivity contribution in [2.24, 2.45) is 0 Å². The van der Waals surface area contributed by atoms with E-state index < -0.39 is 5.97 Å². The predicted octanol–water partition coefficient (Wildman–Crippen LogP) is 1.24. The van der Waals surface area contributed by atoms with Crippen molar-refractivity contribution in [2.75, 3.05) is 7.11 Å². The van der Waals surface area contributed by atoms with Crippen molar-refractivity contribution >= 4 is 18.2 Å². The third-order valence-corrected chi connectivity index (χ3v) is 1.55. The number of methoxy groups -OCH3 is 1. The number of esters is 1. The molecule has 1 aromatic heterocycles. The van der Waals surface area contributed by atoms with Gasteiger partial charge in [-0.2, -0.15) is 4.73 Å². The molecule has 5 heteroatoms. The van der Waals surface area contributed by atoms with Crippen molar-refractivity contribution in [1.82, 2.24) is 4.73 Å². The van der Waals surface area contributed by atoms with Gasteiger partial charge in [0, 0.05) is 10.7 Å².